The van der Waals surface area contributed by atoms with Gasteiger partial charge in [-0.1, -0.05) is 55.8 Å². The summed E-state index contributed by atoms with van der Waals surface area (Å²) in [7, 11) is -3.68. The normalized spacial score (nSPS) is 25.7. The van der Waals surface area contributed by atoms with Gasteiger partial charge in [0.1, 0.15) is 6.10 Å². The highest BCUT2D eigenvalue weighted by molar-refractivity contribution is 8.12. The average molecular weight is 559 g/mol. The molecule has 0 radical (unpaired) electrons. The maximum absolute atomic E-state index is 14.0. The third kappa shape index (κ3) is 6.81. The number of benzene rings is 1. The molecule has 2 aliphatic carbocycles. The van der Waals surface area contributed by atoms with E-state index in [1.165, 1.54) is 11.8 Å². The molecule has 9 heteroatoms. The second kappa shape index (κ2) is 12.2. The van der Waals surface area contributed by atoms with Gasteiger partial charge in [0.2, 0.25) is 0 Å². The van der Waals surface area contributed by atoms with Crippen molar-refractivity contribution in [3.05, 3.63) is 76.5 Å². The fraction of sp³-hybridized carbons (Fsp3) is 0.483. The molecule has 0 aromatic heterocycles. The Labute approximate surface area is 230 Å². The number of nitrogens with zero attached hydrogens (tertiary/aromatic N) is 1. The van der Waals surface area contributed by atoms with Crippen LogP contribution < -0.4 is 5.32 Å². The monoisotopic (exact) mass is 558 g/mol. The lowest BCUT2D eigenvalue weighted by atomic mass is 9.89. The number of carboxylic acid groups (broad SMARTS) is 1. The smallest absolute Gasteiger partial charge is 0.328 e. The van der Waals surface area contributed by atoms with Crippen molar-refractivity contribution < 1.29 is 23.1 Å². The van der Waals surface area contributed by atoms with Crippen molar-refractivity contribution in [2.45, 2.75) is 57.4 Å². The number of thioether (sulfide) groups is 1. The first-order valence-corrected chi connectivity index (χ1v) is 15.7. The van der Waals surface area contributed by atoms with Crippen molar-refractivity contribution in [1.29, 1.82) is 0 Å². The number of carboxylic acids is 1. The van der Waals surface area contributed by atoms with E-state index >= 15 is 0 Å². The molecule has 7 nitrogen and oxygen atoms in total. The lowest BCUT2D eigenvalue weighted by Crippen LogP contribution is -2.47. The summed E-state index contributed by atoms with van der Waals surface area (Å²) in [6, 6.07) is 8.22. The minimum atomic E-state index is -3.68. The van der Waals surface area contributed by atoms with Crippen LogP contribution in [0.2, 0.25) is 0 Å². The van der Waals surface area contributed by atoms with Crippen LogP contribution in [0.5, 0.6) is 0 Å². The summed E-state index contributed by atoms with van der Waals surface area (Å²) in [5.74, 6) is 0.0590. The molecule has 0 spiro atoms. The predicted molar refractivity (Wildman–Crippen MR) is 154 cm³/mol. The van der Waals surface area contributed by atoms with Gasteiger partial charge in [-0.25, -0.2) is 13.2 Å². The van der Waals surface area contributed by atoms with Crippen LogP contribution >= 0.6 is 11.8 Å². The molecule has 38 heavy (non-hydrogen) atoms. The van der Waals surface area contributed by atoms with Crippen LogP contribution in [0, 0.1) is 11.8 Å². The molecular formula is C29H38N2O5S2. The van der Waals surface area contributed by atoms with Gasteiger partial charge in [0.05, 0.1) is 12.3 Å². The molecule has 1 saturated heterocycles. The zero-order chi connectivity index (χ0) is 27.4. The molecule has 1 fully saturated rings. The van der Waals surface area contributed by atoms with E-state index in [2.05, 4.69) is 11.4 Å². The molecule has 1 aromatic carbocycles. The lowest BCUT2D eigenvalue weighted by Gasteiger charge is -2.37. The van der Waals surface area contributed by atoms with Crippen LogP contribution in [-0.2, 0) is 26.0 Å². The first kappa shape index (κ1) is 28.7. The molecule has 0 saturated carbocycles. The molecular weight excluding hydrogens is 520 g/mol. The van der Waals surface area contributed by atoms with Crippen molar-refractivity contribution in [2.75, 3.05) is 18.9 Å². The molecule has 3 aliphatic rings. The number of allylic oxidation sites excluding steroid dienone is 4. The van der Waals surface area contributed by atoms with Crippen LogP contribution in [0.1, 0.15) is 45.2 Å². The zero-order valence-electron chi connectivity index (χ0n) is 22.5. The highest BCUT2D eigenvalue weighted by atomic mass is 32.3. The quantitative estimate of drug-likeness (QED) is 0.398. The Hall–Kier alpha value is -2.33. The van der Waals surface area contributed by atoms with Gasteiger partial charge in [-0.05, 0) is 55.0 Å². The molecule has 0 bridgehead atoms. The Morgan fingerprint density at radius 3 is 2.71 bits per heavy atom. The fourth-order valence-electron chi connectivity index (χ4n) is 4.95. The van der Waals surface area contributed by atoms with Crippen molar-refractivity contribution in [2.24, 2.45) is 11.8 Å². The second-order valence-electron chi connectivity index (χ2n) is 10.7. The van der Waals surface area contributed by atoms with Gasteiger partial charge < -0.3 is 9.84 Å². The Morgan fingerprint density at radius 2 is 2.05 bits per heavy atom. The number of nitrogens with one attached hydrogen (secondary N) is 1. The van der Waals surface area contributed by atoms with E-state index in [0.717, 1.165) is 40.5 Å². The summed E-state index contributed by atoms with van der Waals surface area (Å²) in [4.78, 5) is 10.9. The van der Waals surface area contributed by atoms with Crippen LogP contribution in [0.15, 0.2) is 65.4 Å². The van der Waals surface area contributed by atoms with Crippen LogP contribution in [0.3, 0.4) is 0 Å². The number of ether oxygens (including phenoxy) is 1. The Kier molecular flexibility index (Phi) is 9.23. The van der Waals surface area contributed by atoms with E-state index in [1.54, 1.807) is 10.4 Å². The first-order valence-electron chi connectivity index (χ1n) is 13.1. The number of rotatable bonds is 10. The predicted octanol–water partition coefficient (Wildman–Crippen LogP) is 4.80. The minimum Gasteiger partial charge on any atom is -0.478 e. The Morgan fingerprint density at radius 1 is 1.29 bits per heavy atom. The maximum Gasteiger partial charge on any atom is 0.328 e. The van der Waals surface area contributed by atoms with E-state index in [4.69, 9.17) is 9.84 Å². The highest BCUT2D eigenvalue weighted by Crippen LogP contribution is 2.35. The largest absolute Gasteiger partial charge is 0.478 e. The van der Waals surface area contributed by atoms with Gasteiger partial charge in [-0.15, -0.1) is 11.8 Å². The minimum absolute atomic E-state index is 0.137. The van der Waals surface area contributed by atoms with Gasteiger partial charge in [-0.3, -0.25) is 9.62 Å². The van der Waals surface area contributed by atoms with Crippen LogP contribution in [-0.4, -0.2) is 59.6 Å². The van der Waals surface area contributed by atoms with Crippen molar-refractivity contribution in [3.63, 3.8) is 0 Å². The lowest BCUT2D eigenvalue weighted by molar-refractivity contribution is -0.131. The van der Waals surface area contributed by atoms with Crippen molar-refractivity contribution in [3.8, 4) is 0 Å². The van der Waals surface area contributed by atoms with Gasteiger partial charge in [-0.2, -0.15) is 0 Å². The van der Waals surface area contributed by atoms with Gasteiger partial charge >= 0.3 is 5.97 Å². The van der Waals surface area contributed by atoms with Crippen molar-refractivity contribution in [1.82, 2.24) is 9.62 Å². The van der Waals surface area contributed by atoms with Crippen molar-refractivity contribution >= 4 is 33.8 Å². The second-order valence-corrected chi connectivity index (χ2v) is 14.1. The molecule has 1 heterocycles. The summed E-state index contributed by atoms with van der Waals surface area (Å²) in [6.45, 7) is 8.94. The van der Waals surface area contributed by atoms with Gasteiger partial charge in [0.15, 0.2) is 4.71 Å². The maximum atomic E-state index is 14.0. The van der Waals surface area contributed by atoms with E-state index < -0.39 is 26.8 Å². The standard InChI is InChI=1S/C29H38N2O5S2/c1-19(2)16-31(38(34,35)29-30-21(4)18-37-29)26-14-23-7-5-6-8-24(23)15-27(26)36-17-25-11-9-22(13-20(25)3)10-12-28(32)33/h5-10,12-14,19,21,25,27,29-30H,11,15-18H2,1-4H3,(H,32,33)/b12-10+. The number of hydrogen-bond acceptors (Lipinski definition) is 6. The van der Waals surface area contributed by atoms with E-state index in [9.17, 15) is 13.2 Å². The molecule has 0 amide bonds. The average Bonchev–Trinajstić information content (AvgIpc) is 3.32. The number of sulfonamides is 1. The van der Waals surface area contributed by atoms with Crippen LogP contribution in [0.4, 0.5) is 0 Å². The first-order chi connectivity index (χ1) is 18.0. The molecule has 2 N–H and O–H groups in total. The topological polar surface area (TPSA) is 95.9 Å². The van der Waals surface area contributed by atoms with E-state index in [0.29, 0.717) is 25.3 Å². The summed E-state index contributed by atoms with van der Waals surface area (Å²) in [5.41, 5.74) is 4.85. The third-order valence-corrected chi connectivity index (χ3v) is 10.9. The van der Waals surface area contributed by atoms with Gasteiger partial charge in [0.25, 0.3) is 10.0 Å². The molecule has 4 atom stereocenters. The number of fused-ring (bicyclic) bond motifs is 1. The Balaban J connectivity index is 1.59. The fourth-order valence-corrected chi connectivity index (χ4v) is 8.68. The number of hydrogen-bond donors (Lipinski definition) is 2. The molecule has 4 unspecified atom stereocenters. The SMILES string of the molecule is CC1=CC(/C=C/C(=O)O)=CCC1COC1Cc2ccccc2C=C1N(CC(C)C)S(=O)(=O)C1NC(C)CS1. The van der Waals surface area contributed by atoms with Crippen LogP contribution in [0.25, 0.3) is 6.08 Å². The van der Waals surface area contributed by atoms with E-state index in [1.807, 2.05) is 64.1 Å². The summed E-state index contributed by atoms with van der Waals surface area (Å²) >= 11 is 1.44. The molecule has 4 rings (SSSR count). The summed E-state index contributed by atoms with van der Waals surface area (Å²) in [6.07, 6.45) is 9.69. The van der Waals surface area contributed by atoms with E-state index in [-0.39, 0.29) is 17.9 Å². The van der Waals surface area contributed by atoms with Gasteiger partial charge in [0, 0.05) is 36.8 Å². The highest BCUT2D eigenvalue weighted by Gasteiger charge is 2.41. The molecule has 206 valence electrons. The number of carbonyl (C=O) groups is 1. The molecule has 1 aromatic rings. The summed E-state index contributed by atoms with van der Waals surface area (Å²) in [5, 5.41) is 12.2. The Bertz CT molecular complexity index is 1270. The zero-order valence-corrected chi connectivity index (χ0v) is 24.1. The summed E-state index contributed by atoms with van der Waals surface area (Å²) < 4.78 is 35.4. The molecule has 1 aliphatic heterocycles. The number of aliphatic carboxylic acids is 1. The third-order valence-electron chi connectivity index (χ3n) is 7.00.